The van der Waals surface area contributed by atoms with Crippen molar-refractivity contribution in [1.29, 1.82) is 0 Å². The Hall–Kier alpha value is -4.15. The number of rotatable bonds is 4. The lowest BCUT2D eigenvalue weighted by molar-refractivity contribution is -0.138. The van der Waals surface area contributed by atoms with Gasteiger partial charge in [-0.3, -0.25) is 4.79 Å². The first-order chi connectivity index (χ1) is 18.8. The highest BCUT2D eigenvalue weighted by molar-refractivity contribution is 5.87. The van der Waals surface area contributed by atoms with Crippen molar-refractivity contribution < 1.29 is 51.3 Å². The maximum Gasteiger partial charge on any atom is 0.519 e. The van der Waals surface area contributed by atoms with Gasteiger partial charge in [-0.15, -0.1) is 0 Å². The van der Waals surface area contributed by atoms with E-state index in [0.29, 0.717) is 12.9 Å². The molecule has 0 N–H and O–H groups in total. The van der Waals surface area contributed by atoms with Crippen LogP contribution in [0.5, 0.6) is 0 Å². The summed E-state index contributed by atoms with van der Waals surface area (Å²) in [4.78, 5) is 43.1. The Labute approximate surface area is 238 Å². The van der Waals surface area contributed by atoms with E-state index in [9.17, 15) is 32.3 Å². The zero-order valence-electron chi connectivity index (χ0n) is 24.5. The first-order valence-electron chi connectivity index (χ1n) is 12.4. The van der Waals surface area contributed by atoms with E-state index in [-0.39, 0.29) is 11.5 Å². The number of aldehydes is 1. The van der Waals surface area contributed by atoms with E-state index in [4.69, 9.17) is 14.2 Å². The van der Waals surface area contributed by atoms with Gasteiger partial charge in [0.05, 0.1) is 12.2 Å². The molecule has 0 fully saturated rings. The van der Waals surface area contributed by atoms with Crippen LogP contribution in [0.4, 0.5) is 22.8 Å². The lowest BCUT2D eigenvalue weighted by Crippen LogP contribution is -2.29. The van der Waals surface area contributed by atoms with Gasteiger partial charge >= 0.3 is 24.5 Å². The largest absolute Gasteiger partial charge is 0.519 e. The molecule has 0 saturated heterocycles. The number of ether oxygens (including phenoxy) is 4. The monoisotopic (exact) mass is 582 g/mol. The van der Waals surface area contributed by atoms with Crippen molar-refractivity contribution in [3.8, 4) is 0 Å². The number of alkyl halides is 3. The second kappa shape index (κ2) is 16.8. The molecule has 0 spiro atoms. The Morgan fingerprint density at radius 1 is 0.756 bits per heavy atom. The fraction of sp³-hybridized carbons (Fsp3) is 0.400. The Balaban J connectivity index is 0.000000588. The molecule has 2 rings (SSSR count). The molecule has 0 saturated carbocycles. The van der Waals surface area contributed by atoms with Gasteiger partial charge in [0.1, 0.15) is 17.5 Å². The summed E-state index contributed by atoms with van der Waals surface area (Å²) in [5, 5.41) is 0. The fourth-order valence-electron chi connectivity index (χ4n) is 2.39. The molecule has 2 aromatic rings. The summed E-state index contributed by atoms with van der Waals surface area (Å²) in [6, 6.07) is 12.0. The molecule has 0 aliphatic rings. The van der Waals surface area contributed by atoms with Gasteiger partial charge in [0, 0.05) is 11.6 Å². The molecule has 0 bridgehead atoms. The highest BCUT2D eigenvalue weighted by atomic mass is 19.4. The molecular formula is C30H37F3O8. The number of hydrogen-bond donors (Lipinski definition) is 0. The van der Waals surface area contributed by atoms with Crippen LogP contribution < -0.4 is 0 Å². The molecule has 2 aromatic carbocycles. The number of carbonyl (C=O) groups is 4. The van der Waals surface area contributed by atoms with E-state index in [1.807, 2.05) is 31.2 Å². The predicted octanol–water partition coefficient (Wildman–Crippen LogP) is 7.96. The molecule has 0 unspecified atom stereocenters. The van der Waals surface area contributed by atoms with Gasteiger partial charge in [0.2, 0.25) is 0 Å². The van der Waals surface area contributed by atoms with Crippen molar-refractivity contribution in [2.24, 2.45) is 0 Å². The normalized spacial score (nSPS) is 11.2. The lowest BCUT2D eigenvalue weighted by atomic mass is 10.1. The number of hydrogen-bond acceptors (Lipinski definition) is 8. The van der Waals surface area contributed by atoms with Crippen LogP contribution in [0.2, 0.25) is 0 Å². The molecular weight excluding hydrogens is 545 g/mol. The summed E-state index contributed by atoms with van der Waals surface area (Å²) in [5.74, 6) is -0.298. The first kappa shape index (κ1) is 36.8. The van der Waals surface area contributed by atoms with Crippen molar-refractivity contribution in [2.45, 2.75) is 72.8 Å². The van der Waals surface area contributed by atoms with E-state index in [0.717, 1.165) is 29.8 Å². The topological polar surface area (TPSA) is 105 Å². The van der Waals surface area contributed by atoms with Crippen LogP contribution in [0.25, 0.3) is 6.08 Å². The molecule has 0 atom stereocenters. The third kappa shape index (κ3) is 19.5. The number of halogens is 3. The van der Waals surface area contributed by atoms with Gasteiger partial charge in [-0.2, -0.15) is 13.2 Å². The second-order valence-electron chi connectivity index (χ2n) is 10.3. The van der Waals surface area contributed by atoms with Gasteiger partial charge in [0.15, 0.2) is 0 Å². The van der Waals surface area contributed by atoms with Crippen LogP contribution in [0.3, 0.4) is 0 Å². The summed E-state index contributed by atoms with van der Waals surface area (Å²) in [5.41, 5.74) is 0.316. The molecule has 0 aliphatic carbocycles. The van der Waals surface area contributed by atoms with Crippen LogP contribution in [-0.2, 0) is 29.9 Å². The average Bonchev–Trinajstić information content (AvgIpc) is 2.82. The summed E-state index contributed by atoms with van der Waals surface area (Å²) >= 11 is 0. The smallest absolute Gasteiger partial charge is 0.463 e. The third-order valence-corrected chi connectivity index (χ3v) is 4.10. The SMILES string of the molecule is CC(C)(C)OC(=O)OC(=O)OC(C)(C)C.CCOC(=O)/C=C/c1ccc(C)cc1.O=Cc1ccc(C(F)(F)F)cc1. The number of carbonyl (C=O) groups excluding carboxylic acids is 4. The van der Waals surface area contributed by atoms with Crippen molar-refractivity contribution >= 4 is 30.6 Å². The van der Waals surface area contributed by atoms with Crippen molar-refractivity contribution in [1.82, 2.24) is 0 Å². The molecule has 0 heterocycles. The third-order valence-electron chi connectivity index (χ3n) is 4.10. The van der Waals surface area contributed by atoms with E-state index >= 15 is 0 Å². The molecule has 0 aliphatic heterocycles. The van der Waals surface area contributed by atoms with Crippen LogP contribution in [0, 0.1) is 6.92 Å². The molecule has 11 heteroatoms. The maximum atomic E-state index is 11.9. The van der Waals surface area contributed by atoms with E-state index in [1.165, 1.54) is 11.6 Å². The predicted molar refractivity (Wildman–Crippen MR) is 147 cm³/mol. The standard InChI is InChI=1S/C12H14O2.C10H18O5.C8H5F3O/c1-3-14-12(13)9-8-11-6-4-10(2)5-7-11;1-9(2,3)14-7(11)13-8(12)15-10(4,5)6;9-8(10,11)7-3-1-6(5-12)2-4-7/h4-9H,3H2,1-2H3;1-6H3;1-5H/b9-8+;;. The molecule has 0 aromatic heterocycles. The zero-order chi connectivity index (χ0) is 31.9. The minimum atomic E-state index is -4.33. The highest BCUT2D eigenvalue weighted by Gasteiger charge is 2.29. The Morgan fingerprint density at radius 3 is 1.56 bits per heavy atom. The molecule has 226 valence electrons. The highest BCUT2D eigenvalue weighted by Crippen LogP contribution is 2.28. The summed E-state index contributed by atoms with van der Waals surface area (Å²) < 4.78 is 54.4. The van der Waals surface area contributed by atoms with Crippen LogP contribution >= 0.6 is 0 Å². The quantitative estimate of drug-likeness (QED) is 0.118. The van der Waals surface area contributed by atoms with E-state index in [2.05, 4.69) is 4.74 Å². The van der Waals surface area contributed by atoms with Gasteiger partial charge in [-0.1, -0.05) is 42.0 Å². The summed E-state index contributed by atoms with van der Waals surface area (Å²) in [6.45, 7) is 14.2. The first-order valence-corrected chi connectivity index (χ1v) is 12.4. The Bertz CT molecular complexity index is 1110. The zero-order valence-corrected chi connectivity index (χ0v) is 24.5. The van der Waals surface area contributed by atoms with Gasteiger partial charge < -0.3 is 18.9 Å². The molecule has 0 amide bonds. The Kier molecular flexibility index (Phi) is 15.1. The van der Waals surface area contributed by atoms with Crippen molar-refractivity contribution in [3.05, 3.63) is 76.9 Å². The lowest BCUT2D eigenvalue weighted by Gasteiger charge is -2.20. The average molecular weight is 583 g/mol. The number of benzene rings is 2. The van der Waals surface area contributed by atoms with Gasteiger partial charge in [0.25, 0.3) is 0 Å². The summed E-state index contributed by atoms with van der Waals surface area (Å²) in [6.07, 6.45) is -2.76. The molecule has 8 nitrogen and oxygen atoms in total. The second-order valence-corrected chi connectivity index (χ2v) is 10.3. The van der Waals surface area contributed by atoms with Crippen molar-refractivity contribution in [3.63, 3.8) is 0 Å². The Morgan fingerprint density at radius 2 is 1.20 bits per heavy atom. The maximum absolute atomic E-state index is 11.9. The van der Waals surface area contributed by atoms with Gasteiger partial charge in [-0.25, -0.2) is 14.4 Å². The molecule has 41 heavy (non-hydrogen) atoms. The van der Waals surface area contributed by atoms with Crippen LogP contribution in [-0.4, -0.2) is 42.4 Å². The van der Waals surface area contributed by atoms with Crippen LogP contribution in [0.1, 0.15) is 75.5 Å². The number of esters is 1. The summed E-state index contributed by atoms with van der Waals surface area (Å²) in [7, 11) is 0. The molecule has 0 radical (unpaired) electrons. The van der Waals surface area contributed by atoms with Gasteiger partial charge in [-0.05, 0) is 79.2 Å². The number of aryl methyl sites for hydroxylation is 1. The minimum Gasteiger partial charge on any atom is -0.463 e. The van der Waals surface area contributed by atoms with E-state index in [1.54, 1.807) is 54.5 Å². The van der Waals surface area contributed by atoms with Crippen molar-refractivity contribution in [2.75, 3.05) is 6.61 Å². The van der Waals surface area contributed by atoms with Crippen LogP contribution in [0.15, 0.2) is 54.6 Å². The van der Waals surface area contributed by atoms with E-state index < -0.39 is 35.3 Å². The fourth-order valence-corrected chi connectivity index (χ4v) is 2.39. The minimum absolute atomic E-state index is 0.239.